The Morgan fingerprint density at radius 3 is 2.71 bits per heavy atom. The minimum atomic E-state index is -0.625. The molecule has 1 aliphatic carbocycles. The van der Waals surface area contributed by atoms with Crippen molar-refractivity contribution in [1.29, 1.82) is 0 Å². The number of carbonyl (C=O) groups excluding carboxylic acids is 1. The van der Waals surface area contributed by atoms with E-state index in [1.54, 1.807) is 12.2 Å². The second-order valence-electron chi connectivity index (χ2n) is 8.03. The standard InChI is InChI=1S/C23H28FNO3/c24-18-10-13-23(14-11-18,22(26)25-15-4-1-5-16-25)12-6-7-19-17-27-20-8-2-3-9-21(20)28-19/h2-3,8-11,13,19H,1,4-7,12,14-17H2. The molecule has 0 bridgehead atoms. The number of allylic oxidation sites excluding steroid dienone is 3. The molecule has 2 aliphatic heterocycles. The number of fused-ring (bicyclic) bond motifs is 1. The third-order valence-electron chi connectivity index (χ3n) is 6.01. The summed E-state index contributed by atoms with van der Waals surface area (Å²) in [5.74, 6) is 1.47. The van der Waals surface area contributed by atoms with Gasteiger partial charge in [-0.05, 0) is 69.2 Å². The number of nitrogens with zero attached hydrogens (tertiary/aromatic N) is 1. The molecule has 2 atom stereocenters. The number of hydrogen-bond donors (Lipinski definition) is 0. The highest BCUT2D eigenvalue weighted by Gasteiger charge is 2.39. The van der Waals surface area contributed by atoms with Crippen molar-refractivity contribution >= 4 is 5.91 Å². The fourth-order valence-corrected chi connectivity index (χ4v) is 4.37. The van der Waals surface area contributed by atoms with Gasteiger partial charge in [0.05, 0.1) is 5.41 Å². The number of amides is 1. The van der Waals surface area contributed by atoms with E-state index in [0.29, 0.717) is 19.4 Å². The van der Waals surface area contributed by atoms with Gasteiger partial charge in [-0.2, -0.15) is 0 Å². The van der Waals surface area contributed by atoms with Crippen molar-refractivity contribution in [3.8, 4) is 11.5 Å². The van der Waals surface area contributed by atoms with E-state index in [2.05, 4.69) is 0 Å². The van der Waals surface area contributed by atoms with Crippen LogP contribution in [-0.2, 0) is 4.79 Å². The molecule has 2 heterocycles. The number of likely N-dealkylation sites (tertiary alicyclic amines) is 1. The maximum atomic E-state index is 13.6. The topological polar surface area (TPSA) is 38.8 Å². The molecule has 1 aromatic rings. The smallest absolute Gasteiger partial charge is 0.232 e. The van der Waals surface area contributed by atoms with Crippen LogP contribution in [0.25, 0.3) is 0 Å². The van der Waals surface area contributed by atoms with Gasteiger partial charge in [0.1, 0.15) is 18.5 Å². The summed E-state index contributed by atoms with van der Waals surface area (Å²) >= 11 is 0. The summed E-state index contributed by atoms with van der Waals surface area (Å²) in [6, 6.07) is 7.69. The normalized spacial score (nSPS) is 26.7. The summed E-state index contributed by atoms with van der Waals surface area (Å²) in [6.07, 6.45) is 10.9. The largest absolute Gasteiger partial charge is 0.486 e. The van der Waals surface area contributed by atoms with Gasteiger partial charge in [-0.25, -0.2) is 4.39 Å². The van der Waals surface area contributed by atoms with Gasteiger partial charge < -0.3 is 14.4 Å². The van der Waals surface area contributed by atoms with Crippen molar-refractivity contribution in [2.75, 3.05) is 19.7 Å². The van der Waals surface area contributed by atoms with E-state index >= 15 is 0 Å². The van der Waals surface area contributed by atoms with Crippen LogP contribution in [0.2, 0.25) is 0 Å². The number of ether oxygens (including phenoxy) is 2. The molecular weight excluding hydrogens is 357 g/mol. The lowest BCUT2D eigenvalue weighted by Crippen LogP contribution is -2.45. The number of hydrogen-bond acceptors (Lipinski definition) is 3. The second-order valence-corrected chi connectivity index (χ2v) is 8.03. The lowest BCUT2D eigenvalue weighted by atomic mass is 9.75. The predicted octanol–water partition coefficient (Wildman–Crippen LogP) is 4.81. The first-order chi connectivity index (χ1) is 13.7. The van der Waals surface area contributed by atoms with Crippen LogP contribution < -0.4 is 9.47 Å². The van der Waals surface area contributed by atoms with E-state index in [1.165, 1.54) is 12.5 Å². The Kier molecular flexibility index (Phi) is 5.69. The van der Waals surface area contributed by atoms with Crippen LogP contribution >= 0.6 is 0 Å². The molecule has 4 nitrogen and oxygen atoms in total. The molecule has 2 unspecified atom stereocenters. The first-order valence-electron chi connectivity index (χ1n) is 10.4. The Morgan fingerprint density at radius 2 is 1.96 bits per heavy atom. The molecule has 0 aromatic heterocycles. The number of para-hydroxylation sites is 2. The first-order valence-corrected chi connectivity index (χ1v) is 10.4. The van der Waals surface area contributed by atoms with Gasteiger partial charge in [-0.3, -0.25) is 4.79 Å². The lowest BCUT2D eigenvalue weighted by molar-refractivity contribution is -0.141. The summed E-state index contributed by atoms with van der Waals surface area (Å²) < 4.78 is 25.4. The van der Waals surface area contributed by atoms with Crippen LogP contribution in [0.4, 0.5) is 4.39 Å². The molecule has 28 heavy (non-hydrogen) atoms. The molecule has 3 aliphatic rings. The zero-order valence-electron chi connectivity index (χ0n) is 16.2. The highest BCUT2D eigenvalue weighted by molar-refractivity contribution is 5.85. The third-order valence-corrected chi connectivity index (χ3v) is 6.01. The lowest BCUT2D eigenvalue weighted by Gasteiger charge is -2.38. The van der Waals surface area contributed by atoms with Crippen LogP contribution in [0.1, 0.15) is 44.9 Å². The quantitative estimate of drug-likeness (QED) is 0.730. The number of piperidine rings is 1. The van der Waals surface area contributed by atoms with Crippen LogP contribution in [0.15, 0.2) is 48.3 Å². The van der Waals surface area contributed by atoms with Gasteiger partial charge in [-0.15, -0.1) is 0 Å². The van der Waals surface area contributed by atoms with Gasteiger partial charge in [-0.1, -0.05) is 18.2 Å². The van der Waals surface area contributed by atoms with E-state index in [4.69, 9.17) is 9.47 Å². The zero-order chi connectivity index (χ0) is 19.4. The molecule has 1 fully saturated rings. The van der Waals surface area contributed by atoms with Gasteiger partial charge >= 0.3 is 0 Å². The molecule has 1 amide bonds. The van der Waals surface area contributed by atoms with Crippen LogP contribution in [0.5, 0.6) is 11.5 Å². The van der Waals surface area contributed by atoms with Crippen LogP contribution in [0.3, 0.4) is 0 Å². The minimum absolute atomic E-state index is 0.0168. The Morgan fingerprint density at radius 1 is 1.18 bits per heavy atom. The van der Waals surface area contributed by atoms with Gasteiger partial charge in [0.25, 0.3) is 0 Å². The molecule has 0 spiro atoms. The van der Waals surface area contributed by atoms with Crippen LogP contribution in [-0.4, -0.2) is 36.6 Å². The molecule has 5 heteroatoms. The maximum absolute atomic E-state index is 13.6. The highest BCUT2D eigenvalue weighted by Crippen LogP contribution is 2.39. The van der Waals surface area contributed by atoms with Gasteiger partial charge in [0, 0.05) is 13.1 Å². The first kappa shape index (κ1) is 19.0. The Bertz CT molecular complexity index is 769. The van der Waals surface area contributed by atoms with Crippen molar-refractivity contribution in [2.24, 2.45) is 5.41 Å². The Labute approximate surface area is 166 Å². The monoisotopic (exact) mass is 385 g/mol. The fraction of sp³-hybridized carbons (Fsp3) is 0.522. The van der Waals surface area contributed by atoms with E-state index in [9.17, 15) is 9.18 Å². The summed E-state index contributed by atoms with van der Waals surface area (Å²) in [7, 11) is 0. The van der Waals surface area contributed by atoms with Crippen molar-refractivity contribution in [2.45, 2.75) is 51.0 Å². The van der Waals surface area contributed by atoms with Gasteiger partial charge in [0.2, 0.25) is 5.91 Å². The van der Waals surface area contributed by atoms with Crippen LogP contribution in [0, 0.1) is 5.41 Å². The minimum Gasteiger partial charge on any atom is -0.486 e. The second kappa shape index (κ2) is 8.38. The molecule has 150 valence electrons. The van der Waals surface area contributed by atoms with E-state index in [1.807, 2.05) is 29.2 Å². The number of carbonyl (C=O) groups is 1. The molecule has 0 radical (unpaired) electrons. The summed E-state index contributed by atoms with van der Waals surface area (Å²) in [5.41, 5.74) is -0.625. The van der Waals surface area contributed by atoms with Crippen molar-refractivity contribution in [1.82, 2.24) is 4.90 Å². The Balaban J connectivity index is 1.38. The van der Waals surface area contributed by atoms with Crippen molar-refractivity contribution in [3.63, 3.8) is 0 Å². The average Bonchev–Trinajstić information content (AvgIpc) is 2.75. The summed E-state index contributed by atoms with van der Waals surface area (Å²) in [4.78, 5) is 15.3. The molecule has 1 aromatic carbocycles. The number of rotatable bonds is 5. The third kappa shape index (κ3) is 4.08. The summed E-state index contributed by atoms with van der Waals surface area (Å²) in [6.45, 7) is 2.16. The number of halogens is 1. The van der Waals surface area contributed by atoms with Crippen molar-refractivity contribution < 1.29 is 18.7 Å². The summed E-state index contributed by atoms with van der Waals surface area (Å²) in [5, 5.41) is 0. The van der Waals surface area contributed by atoms with E-state index in [-0.39, 0.29) is 17.8 Å². The molecule has 1 saturated heterocycles. The molecule has 0 saturated carbocycles. The van der Waals surface area contributed by atoms with Crippen molar-refractivity contribution in [3.05, 3.63) is 48.3 Å². The maximum Gasteiger partial charge on any atom is 0.232 e. The average molecular weight is 385 g/mol. The Hall–Kier alpha value is -2.30. The molecule has 4 rings (SSSR count). The fourth-order valence-electron chi connectivity index (χ4n) is 4.37. The van der Waals surface area contributed by atoms with E-state index < -0.39 is 5.41 Å². The van der Waals surface area contributed by atoms with Gasteiger partial charge in [0.15, 0.2) is 11.5 Å². The van der Waals surface area contributed by atoms with E-state index in [0.717, 1.165) is 50.3 Å². The zero-order valence-corrected chi connectivity index (χ0v) is 16.2. The molecule has 0 N–H and O–H groups in total. The number of benzene rings is 1. The molecular formula is C23H28FNO3. The SMILES string of the molecule is O=C(N1CCCCC1)C1(CCCC2COc3ccccc3O2)C=CC(F)=CC1. The highest BCUT2D eigenvalue weighted by atomic mass is 19.1. The predicted molar refractivity (Wildman–Crippen MR) is 106 cm³/mol.